The van der Waals surface area contributed by atoms with Gasteiger partial charge in [-0.1, -0.05) is 26.0 Å². The van der Waals surface area contributed by atoms with E-state index in [1.54, 1.807) is 19.1 Å². The van der Waals surface area contributed by atoms with Crippen molar-refractivity contribution in [1.29, 1.82) is 0 Å². The lowest BCUT2D eigenvalue weighted by Gasteiger charge is -2.36. The summed E-state index contributed by atoms with van der Waals surface area (Å²) in [5.74, 6) is 1.71. The zero-order valence-electron chi connectivity index (χ0n) is 22.7. The zero-order chi connectivity index (χ0) is 27.2. The SMILES string of the molecule is COC(=O)[C@@H](Nc1nc(CN2CCN(C(=O)N(C)c3ccc(OC)cc3)CC2)nc2ccccc12)C(C)C. The van der Waals surface area contributed by atoms with E-state index in [0.717, 1.165) is 22.3 Å². The van der Waals surface area contributed by atoms with E-state index in [0.29, 0.717) is 44.4 Å². The quantitative estimate of drug-likeness (QED) is 0.450. The Hall–Kier alpha value is -3.92. The standard InChI is InChI=1S/C28H36N6O4/c1-19(2)25(27(35)38-5)31-26-22-8-6-7-9-23(22)29-24(30-26)18-33-14-16-34(17-15-33)28(36)32(3)20-10-12-21(37-4)13-11-20/h6-13,19,25H,14-18H2,1-5H3,(H,29,30,31)/t25-/m0/s1. The summed E-state index contributed by atoms with van der Waals surface area (Å²) in [6, 6.07) is 14.6. The highest BCUT2D eigenvalue weighted by atomic mass is 16.5. The number of anilines is 2. The Balaban J connectivity index is 1.43. The van der Waals surface area contributed by atoms with Crippen molar-refractivity contribution in [1.82, 2.24) is 19.8 Å². The fraction of sp³-hybridized carbons (Fsp3) is 0.429. The summed E-state index contributed by atoms with van der Waals surface area (Å²) in [5, 5.41) is 4.15. The number of aromatic nitrogens is 2. The first-order valence-corrected chi connectivity index (χ1v) is 12.8. The molecule has 202 valence electrons. The predicted octanol–water partition coefficient (Wildman–Crippen LogP) is 3.62. The zero-order valence-corrected chi connectivity index (χ0v) is 22.7. The van der Waals surface area contributed by atoms with Crippen molar-refractivity contribution in [3.05, 3.63) is 54.4 Å². The van der Waals surface area contributed by atoms with Crippen LogP contribution in [-0.4, -0.2) is 85.3 Å². The van der Waals surface area contributed by atoms with Crippen LogP contribution in [0, 0.1) is 5.92 Å². The van der Waals surface area contributed by atoms with Crippen LogP contribution in [0.15, 0.2) is 48.5 Å². The number of benzene rings is 2. The Bertz CT molecular complexity index is 1260. The third kappa shape index (κ3) is 6.13. The summed E-state index contributed by atoms with van der Waals surface area (Å²) >= 11 is 0. The van der Waals surface area contributed by atoms with Gasteiger partial charge in [0.15, 0.2) is 0 Å². The van der Waals surface area contributed by atoms with Crippen LogP contribution in [0.1, 0.15) is 19.7 Å². The predicted molar refractivity (Wildman–Crippen MR) is 147 cm³/mol. The number of nitrogens with zero attached hydrogens (tertiary/aromatic N) is 5. The molecular weight excluding hydrogens is 484 g/mol. The maximum absolute atomic E-state index is 13.1. The number of ether oxygens (including phenoxy) is 2. The molecule has 0 aliphatic carbocycles. The van der Waals surface area contributed by atoms with Gasteiger partial charge >= 0.3 is 12.0 Å². The highest BCUT2D eigenvalue weighted by molar-refractivity contribution is 5.92. The highest BCUT2D eigenvalue weighted by Crippen LogP contribution is 2.24. The molecule has 10 nitrogen and oxygen atoms in total. The van der Waals surface area contributed by atoms with Crippen molar-refractivity contribution in [3.63, 3.8) is 0 Å². The van der Waals surface area contributed by atoms with Crippen molar-refractivity contribution >= 4 is 34.4 Å². The number of nitrogens with one attached hydrogen (secondary N) is 1. The average molecular weight is 521 g/mol. The van der Waals surface area contributed by atoms with Crippen molar-refractivity contribution < 1.29 is 19.1 Å². The second-order valence-electron chi connectivity index (χ2n) is 9.70. The molecule has 2 heterocycles. The fourth-order valence-electron chi connectivity index (χ4n) is 4.50. The van der Waals surface area contributed by atoms with Crippen LogP contribution in [0.4, 0.5) is 16.3 Å². The van der Waals surface area contributed by atoms with Crippen LogP contribution in [0.2, 0.25) is 0 Å². The second kappa shape index (κ2) is 12.1. The largest absolute Gasteiger partial charge is 0.497 e. The molecule has 3 aromatic rings. The first-order chi connectivity index (χ1) is 18.3. The molecule has 10 heteroatoms. The maximum Gasteiger partial charge on any atom is 0.328 e. The first kappa shape index (κ1) is 27.1. The van der Waals surface area contributed by atoms with E-state index < -0.39 is 6.04 Å². The number of hydrogen-bond donors (Lipinski definition) is 1. The first-order valence-electron chi connectivity index (χ1n) is 12.8. The molecular formula is C28H36N6O4. The van der Waals surface area contributed by atoms with E-state index >= 15 is 0 Å². The molecule has 1 atom stereocenters. The Morgan fingerprint density at radius 2 is 1.68 bits per heavy atom. The summed E-state index contributed by atoms with van der Waals surface area (Å²) in [6.45, 7) is 7.10. The molecule has 1 aromatic heterocycles. The van der Waals surface area contributed by atoms with Gasteiger partial charge in [-0.05, 0) is 42.3 Å². The van der Waals surface area contributed by atoms with E-state index in [2.05, 4.69) is 10.2 Å². The van der Waals surface area contributed by atoms with Crippen LogP contribution < -0.4 is 15.0 Å². The molecule has 0 saturated carbocycles. The molecule has 1 N–H and O–H groups in total. The van der Waals surface area contributed by atoms with Crippen LogP contribution in [0.5, 0.6) is 5.75 Å². The normalized spacial score (nSPS) is 14.8. The summed E-state index contributed by atoms with van der Waals surface area (Å²) in [6.07, 6.45) is 0. The van der Waals surface area contributed by atoms with Crippen LogP contribution in [0.3, 0.4) is 0 Å². The Labute approximate surface area is 223 Å². The molecule has 4 rings (SSSR count). The Kier molecular flexibility index (Phi) is 8.62. The summed E-state index contributed by atoms with van der Waals surface area (Å²) in [5.41, 5.74) is 1.62. The molecule has 2 aromatic carbocycles. The summed E-state index contributed by atoms with van der Waals surface area (Å²) < 4.78 is 10.2. The molecule has 2 amide bonds. The average Bonchev–Trinajstić information content (AvgIpc) is 2.95. The number of carbonyl (C=O) groups is 2. The Morgan fingerprint density at radius 1 is 1.00 bits per heavy atom. The van der Waals surface area contributed by atoms with Crippen molar-refractivity contribution in [2.45, 2.75) is 26.4 Å². The molecule has 0 unspecified atom stereocenters. The topological polar surface area (TPSA) is 100 Å². The van der Waals surface area contributed by atoms with Gasteiger partial charge in [-0.15, -0.1) is 0 Å². The van der Waals surface area contributed by atoms with Crippen LogP contribution in [0.25, 0.3) is 10.9 Å². The van der Waals surface area contributed by atoms with Crippen molar-refractivity contribution in [3.8, 4) is 5.75 Å². The number of para-hydroxylation sites is 1. The van der Waals surface area contributed by atoms with E-state index in [-0.39, 0.29) is 17.9 Å². The second-order valence-corrected chi connectivity index (χ2v) is 9.70. The number of piperazine rings is 1. The van der Waals surface area contributed by atoms with E-state index in [1.807, 2.05) is 67.3 Å². The number of rotatable bonds is 8. The third-order valence-electron chi connectivity index (χ3n) is 6.82. The molecule has 38 heavy (non-hydrogen) atoms. The molecule has 1 aliphatic rings. The molecule has 1 saturated heterocycles. The van der Waals surface area contributed by atoms with Gasteiger partial charge in [0.2, 0.25) is 0 Å². The number of urea groups is 1. The van der Waals surface area contributed by atoms with E-state index in [4.69, 9.17) is 19.4 Å². The van der Waals surface area contributed by atoms with Crippen molar-refractivity contribution in [2.75, 3.05) is 57.7 Å². The van der Waals surface area contributed by atoms with Gasteiger partial charge in [-0.25, -0.2) is 19.6 Å². The maximum atomic E-state index is 13.1. The highest BCUT2D eigenvalue weighted by Gasteiger charge is 2.27. The number of methoxy groups -OCH3 is 2. The number of carbonyl (C=O) groups excluding carboxylic acids is 2. The minimum absolute atomic E-state index is 0.0151. The van der Waals surface area contributed by atoms with Crippen molar-refractivity contribution in [2.24, 2.45) is 5.92 Å². The van der Waals surface area contributed by atoms with Gasteiger partial charge < -0.3 is 19.7 Å². The van der Waals surface area contributed by atoms with Gasteiger partial charge in [0.1, 0.15) is 23.4 Å². The molecule has 0 radical (unpaired) electrons. The smallest absolute Gasteiger partial charge is 0.328 e. The number of hydrogen-bond acceptors (Lipinski definition) is 8. The lowest BCUT2D eigenvalue weighted by Crippen LogP contribution is -2.52. The van der Waals surface area contributed by atoms with Gasteiger partial charge in [0.05, 0.1) is 26.3 Å². The van der Waals surface area contributed by atoms with Gasteiger partial charge in [-0.2, -0.15) is 0 Å². The van der Waals surface area contributed by atoms with Gasteiger partial charge in [0, 0.05) is 44.3 Å². The van der Waals surface area contributed by atoms with Gasteiger partial charge in [-0.3, -0.25) is 9.80 Å². The summed E-state index contributed by atoms with van der Waals surface area (Å²) in [4.78, 5) is 40.8. The number of fused-ring (bicyclic) bond motifs is 1. The summed E-state index contributed by atoms with van der Waals surface area (Å²) in [7, 11) is 4.79. The number of esters is 1. The monoisotopic (exact) mass is 520 g/mol. The van der Waals surface area contributed by atoms with E-state index in [9.17, 15) is 9.59 Å². The van der Waals surface area contributed by atoms with Crippen LogP contribution in [-0.2, 0) is 16.1 Å². The molecule has 0 spiro atoms. The lowest BCUT2D eigenvalue weighted by atomic mass is 10.0. The third-order valence-corrected chi connectivity index (χ3v) is 6.82. The molecule has 0 bridgehead atoms. The van der Waals surface area contributed by atoms with Gasteiger partial charge in [0.25, 0.3) is 0 Å². The molecule has 1 fully saturated rings. The fourth-order valence-corrected chi connectivity index (χ4v) is 4.50. The number of amides is 2. The van der Waals surface area contributed by atoms with E-state index in [1.165, 1.54) is 7.11 Å². The minimum Gasteiger partial charge on any atom is -0.497 e. The molecule has 1 aliphatic heterocycles. The Morgan fingerprint density at radius 3 is 2.32 bits per heavy atom. The lowest BCUT2D eigenvalue weighted by molar-refractivity contribution is -0.142. The minimum atomic E-state index is -0.525. The van der Waals surface area contributed by atoms with Crippen LogP contribution >= 0.6 is 0 Å².